The van der Waals surface area contributed by atoms with Crippen LogP contribution in [0.4, 0.5) is 5.69 Å². The van der Waals surface area contributed by atoms with Crippen LogP contribution in [-0.2, 0) is 0 Å². The Labute approximate surface area is 125 Å². The highest BCUT2D eigenvalue weighted by molar-refractivity contribution is 5.63. The van der Waals surface area contributed by atoms with Crippen molar-refractivity contribution in [1.29, 1.82) is 0 Å². The third kappa shape index (κ3) is 2.82. The summed E-state index contributed by atoms with van der Waals surface area (Å²) in [6, 6.07) is 7.92. The summed E-state index contributed by atoms with van der Waals surface area (Å²) in [7, 11) is 1.67. The molecule has 0 radical (unpaired) electrons. The Balaban J connectivity index is 1.88. The quantitative estimate of drug-likeness (QED) is 0.795. The van der Waals surface area contributed by atoms with E-state index in [1.807, 2.05) is 30.3 Å². The second-order valence-corrected chi connectivity index (χ2v) is 5.66. The lowest BCUT2D eigenvalue weighted by Crippen LogP contribution is -2.46. The monoisotopic (exact) mass is 286 g/mol. The maximum absolute atomic E-state index is 5.98. The number of benzene rings is 1. The molecule has 1 saturated carbocycles. The Morgan fingerprint density at radius 2 is 2.00 bits per heavy atom. The van der Waals surface area contributed by atoms with E-state index in [0.29, 0.717) is 11.7 Å². The highest BCUT2D eigenvalue weighted by Crippen LogP contribution is 2.39. The lowest BCUT2D eigenvalue weighted by Gasteiger charge is -2.36. The summed E-state index contributed by atoms with van der Waals surface area (Å²) in [6.07, 6.45) is 8.56. The van der Waals surface area contributed by atoms with Gasteiger partial charge in [-0.15, -0.1) is 0 Å². The second kappa shape index (κ2) is 5.68. The lowest BCUT2D eigenvalue weighted by molar-refractivity contribution is 0.375. The summed E-state index contributed by atoms with van der Waals surface area (Å²) in [6.45, 7) is 0. The van der Waals surface area contributed by atoms with E-state index in [9.17, 15) is 0 Å². The first kappa shape index (κ1) is 13.8. The van der Waals surface area contributed by atoms with Gasteiger partial charge < -0.3 is 21.1 Å². The highest BCUT2D eigenvalue weighted by Gasteiger charge is 2.39. The Hall–Kier alpha value is -2.17. The number of nitrogens with one attached hydrogen (secondary N) is 2. The number of nitrogens with zero attached hydrogens (tertiary/aromatic N) is 1. The Morgan fingerprint density at radius 3 is 2.62 bits per heavy atom. The first-order valence-electron chi connectivity index (χ1n) is 7.43. The molecule has 3 rings (SSSR count). The molecule has 1 aromatic carbocycles. The average molecular weight is 286 g/mol. The van der Waals surface area contributed by atoms with Gasteiger partial charge in [0, 0.05) is 17.7 Å². The molecule has 4 N–H and O–H groups in total. The molecule has 0 saturated heterocycles. The van der Waals surface area contributed by atoms with Crippen LogP contribution in [0.25, 0.3) is 0 Å². The van der Waals surface area contributed by atoms with Gasteiger partial charge in [0.25, 0.3) is 0 Å². The summed E-state index contributed by atoms with van der Waals surface area (Å²) in [5, 5.41) is 6.52. The van der Waals surface area contributed by atoms with Gasteiger partial charge in [-0.1, -0.05) is 12.8 Å². The van der Waals surface area contributed by atoms with Gasteiger partial charge in [-0.3, -0.25) is 0 Å². The fourth-order valence-corrected chi connectivity index (χ4v) is 3.19. The number of hydrogen-bond acceptors (Lipinski definition) is 5. The Morgan fingerprint density at radius 1 is 1.29 bits per heavy atom. The van der Waals surface area contributed by atoms with Gasteiger partial charge in [0.1, 0.15) is 11.6 Å². The molecule has 5 nitrogen and oxygen atoms in total. The standard InChI is InChI=1S/C16H22N4O/c1-21-14-8-6-13(7-9-14)20-16(12-4-2-3-5-12)10-15(17)18-11-19-16/h6-12,20H,2-5,17H2,1H3,(H,18,19). The number of methoxy groups -OCH3 is 1. The molecule has 5 heteroatoms. The number of nitrogens with two attached hydrogens (primary N) is 1. The van der Waals surface area contributed by atoms with Gasteiger partial charge in [-0.2, -0.15) is 0 Å². The lowest BCUT2D eigenvalue weighted by atomic mass is 9.89. The molecule has 1 heterocycles. The van der Waals surface area contributed by atoms with Gasteiger partial charge in [-0.25, -0.2) is 4.99 Å². The van der Waals surface area contributed by atoms with E-state index in [2.05, 4.69) is 10.6 Å². The van der Waals surface area contributed by atoms with Crippen LogP contribution in [0.2, 0.25) is 0 Å². The Kier molecular flexibility index (Phi) is 3.73. The number of aliphatic imine (C=N–C) groups is 1. The number of hydrogen-bond donors (Lipinski definition) is 3. The van der Waals surface area contributed by atoms with E-state index in [0.717, 1.165) is 11.4 Å². The summed E-state index contributed by atoms with van der Waals surface area (Å²) in [5.74, 6) is 1.97. The molecule has 1 aromatic rings. The largest absolute Gasteiger partial charge is 0.497 e. The van der Waals surface area contributed by atoms with Crippen molar-refractivity contribution in [3.8, 4) is 5.75 Å². The normalized spacial score (nSPS) is 25.3. The van der Waals surface area contributed by atoms with E-state index in [1.54, 1.807) is 13.4 Å². The molecule has 1 atom stereocenters. The maximum Gasteiger partial charge on any atom is 0.156 e. The summed E-state index contributed by atoms with van der Waals surface area (Å²) in [4.78, 5) is 4.70. The molecule has 21 heavy (non-hydrogen) atoms. The van der Waals surface area contributed by atoms with E-state index in [1.165, 1.54) is 25.7 Å². The van der Waals surface area contributed by atoms with Crippen molar-refractivity contribution >= 4 is 12.0 Å². The molecular weight excluding hydrogens is 264 g/mol. The average Bonchev–Trinajstić information content (AvgIpc) is 3.03. The molecule has 0 aromatic heterocycles. The summed E-state index contributed by atoms with van der Waals surface area (Å²) >= 11 is 0. The molecule has 112 valence electrons. The van der Waals surface area contributed by atoms with Crippen molar-refractivity contribution in [2.24, 2.45) is 16.6 Å². The van der Waals surface area contributed by atoms with Crippen LogP contribution in [-0.4, -0.2) is 19.1 Å². The van der Waals surface area contributed by atoms with Crippen LogP contribution >= 0.6 is 0 Å². The van der Waals surface area contributed by atoms with Gasteiger partial charge in [-0.05, 0) is 37.1 Å². The van der Waals surface area contributed by atoms with Gasteiger partial charge in [0.2, 0.25) is 0 Å². The van der Waals surface area contributed by atoms with Crippen molar-refractivity contribution in [2.75, 3.05) is 12.4 Å². The van der Waals surface area contributed by atoms with Gasteiger partial charge in [0.05, 0.1) is 13.4 Å². The number of rotatable bonds is 4. The number of ether oxygens (including phenoxy) is 1. The molecule has 1 fully saturated rings. The predicted octanol–water partition coefficient (Wildman–Crippen LogP) is 2.43. The minimum Gasteiger partial charge on any atom is -0.497 e. The second-order valence-electron chi connectivity index (χ2n) is 5.66. The summed E-state index contributed by atoms with van der Waals surface area (Å²) in [5.41, 5.74) is 6.55. The van der Waals surface area contributed by atoms with Crippen LogP contribution in [0.1, 0.15) is 25.7 Å². The summed E-state index contributed by atoms with van der Waals surface area (Å²) < 4.78 is 5.20. The smallest absolute Gasteiger partial charge is 0.156 e. The molecule has 1 aliphatic carbocycles. The van der Waals surface area contributed by atoms with Crippen molar-refractivity contribution in [1.82, 2.24) is 5.32 Å². The molecule has 2 aliphatic rings. The maximum atomic E-state index is 5.98. The minimum atomic E-state index is -0.444. The molecule has 0 amide bonds. The van der Waals surface area contributed by atoms with Gasteiger partial charge >= 0.3 is 0 Å². The topological polar surface area (TPSA) is 71.7 Å². The third-order valence-electron chi connectivity index (χ3n) is 4.30. The fraction of sp³-hybridized carbons (Fsp3) is 0.438. The molecule has 1 aliphatic heterocycles. The van der Waals surface area contributed by atoms with E-state index in [-0.39, 0.29) is 0 Å². The zero-order valence-electron chi connectivity index (χ0n) is 12.3. The van der Waals surface area contributed by atoms with Crippen LogP contribution in [0.5, 0.6) is 5.75 Å². The highest BCUT2D eigenvalue weighted by atomic mass is 16.5. The van der Waals surface area contributed by atoms with Crippen LogP contribution < -0.4 is 21.1 Å². The van der Waals surface area contributed by atoms with Crippen LogP contribution in [0.15, 0.2) is 41.2 Å². The van der Waals surface area contributed by atoms with Gasteiger partial charge in [0.15, 0.2) is 5.66 Å². The number of anilines is 1. The zero-order chi connectivity index (χ0) is 14.7. The first-order chi connectivity index (χ1) is 10.2. The first-order valence-corrected chi connectivity index (χ1v) is 7.43. The molecule has 0 spiro atoms. The van der Waals surface area contributed by atoms with E-state index < -0.39 is 5.66 Å². The molecule has 1 unspecified atom stereocenters. The SMILES string of the molecule is COc1ccc(NC2(C3CCCC3)C=C(N)NC=N2)cc1. The zero-order valence-corrected chi connectivity index (χ0v) is 12.3. The van der Waals surface area contributed by atoms with E-state index >= 15 is 0 Å². The van der Waals surface area contributed by atoms with E-state index in [4.69, 9.17) is 15.5 Å². The predicted molar refractivity (Wildman–Crippen MR) is 85.2 cm³/mol. The third-order valence-corrected chi connectivity index (χ3v) is 4.30. The molecular formula is C16H22N4O. The molecule has 0 bridgehead atoms. The van der Waals surface area contributed by atoms with Crippen LogP contribution in [0, 0.1) is 5.92 Å². The van der Waals surface area contributed by atoms with Crippen molar-refractivity contribution < 1.29 is 4.74 Å². The Bertz CT molecular complexity index is 546. The van der Waals surface area contributed by atoms with Crippen molar-refractivity contribution in [3.63, 3.8) is 0 Å². The van der Waals surface area contributed by atoms with Crippen molar-refractivity contribution in [2.45, 2.75) is 31.3 Å². The van der Waals surface area contributed by atoms with Crippen molar-refractivity contribution in [3.05, 3.63) is 36.2 Å². The van der Waals surface area contributed by atoms with Crippen LogP contribution in [0.3, 0.4) is 0 Å². The fourth-order valence-electron chi connectivity index (χ4n) is 3.19. The minimum absolute atomic E-state index is 0.444.